The third-order valence-corrected chi connectivity index (χ3v) is 5.25. The van der Waals surface area contributed by atoms with Gasteiger partial charge in [-0.2, -0.15) is 10.4 Å². The maximum atomic E-state index is 12.5. The number of sulfonamides is 1. The molecular weight excluding hydrogens is 352 g/mol. The van der Waals surface area contributed by atoms with Crippen LogP contribution < -0.4 is 10.0 Å². The molecule has 2 heterocycles. The SMILES string of the molecule is Cc1n[nH]c(C)c1S(=O)(=O)Nc1ccc(Nc2cccc(C#N)c2)nc1. The average molecular weight is 368 g/mol. The number of nitrogens with zero attached hydrogens (tertiary/aromatic N) is 3. The normalized spacial score (nSPS) is 11.0. The van der Waals surface area contributed by atoms with Gasteiger partial charge in [-0.15, -0.1) is 0 Å². The third kappa shape index (κ3) is 3.65. The Bertz CT molecular complexity index is 1060. The summed E-state index contributed by atoms with van der Waals surface area (Å²) in [6.45, 7) is 3.27. The summed E-state index contributed by atoms with van der Waals surface area (Å²) in [6.07, 6.45) is 1.42. The molecule has 0 amide bonds. The predicted molar refractivity (Wildman–Crippen MR) is 97.5 cm³/mol. The summed E-state index contributed by atoms with van der Waals surface area (Å²) in [4.78, 5) is 4.33. The van der Waals surface area contributed by atoms with Gasteiger partial charge in [0.1, 0.15) is 10.7 Å². The Morgan fingerprint density at radius 1 is 1.15 bits per heavy atom. The maximum Gasteiger partial charge on any atom is 0.265 e. The lowest BCUT2D eigenvalue weighted by Gasteiger charge is -2.09. The van der Waals surface area contributed by atoms with Crippen LogP contribution in [0.1, 0.15) is 17.0 Å². The molecule has 0 aliphatic rings. The van der Waals surface area contributed by atoms with Gasteiger partial charge in [0.15, 0.2) is 0 Å². The van der Waals surface area contributed by atoms with Gasteiger partial charge in [0.25, 0.3) is 10.0 Å². The molecule has 1 aromatic carbocycles. The zero-order valence-corrected chi connectivity index (χ0v) is 14.9. The number of hydrogen-bond donors (Lipinski definition) is 3. The topological polar surface area (TPSA) is 124 Å². The minimum Gasteiger partial charge on any atom is -0.340 e. The fraction of sp³-hybridized carbons (Fsp3) is 0.118. The van der Waals surface area contributed by atoms with Gasteiger partial charge in [-0.25, -0.2) is 13.4 Å². The van der Waals surface area contributed by atoms with Crippen LogP contribution in [0, 0.1) is 25.2 Å². The molecule has 0 aliphatic heterocycles. The molecule has 0 atom stereocenters. The number of benzene rings is 1. The second kappa shape index (κ2) is 6.85. The molecule has 0 radical (unpaired) electrons. The van der Waals surface area contributed by atoms with Crippen LogP contribution >= 0.6 is 0 Å². The highest BCUT2D eigenvalue weighted by Gasteiger charge is 2.22. The first kappa shape index (κ1) is 17.4. The predicted octanol–water partition coefficient (Wildman–Crippen LogP) is 2.84. The van der Waals surface area contributed by atoms with Gasteiger partial charge in [-0.1, -0.05) is 6.07 Å². The van der Waals surface area contributed by atoms with E-state index in [0.717, 1.165) is 5.69 Å². The Morgan fingerprint density at radius 3 is 2.58 bits per heavy atom. The number of aryl methyl sites for hydroxylation is 2. The number of aromatic nitrogens is 3. The molecule has 8 nitrogen and oxygen atoms in total. The number of pyridine rings is 1. The molecule has 9 heteroatoms. The lowest BCUT2D eigenvalue weighted by atomic mass is 10.2. The van der Waals surface area contributed by atoms with Crippen LogP contribution in [0.4, 0.5) is 17.2 Å². The Morgan fingerprint density at radius 2 is 1.96 bits per heavy atom. The summed E-state index contributed by atoms with van der Waals surface area (Å²) >= 11 is 0. The van der Waals surface area contributed by atoms with Gasteiger partial charge in [-0.05, 0) is 44.2 Å². The Labute approximate surface area is 151 Å². The summed E-state index contributed by atoms with van der Waals surface area (Å²) in [5, 5.41) is 18.5. The van der Waals surface area contributed by atoms with E-state index in [1.807, 2.05) is 6.07 Å². The van der Waals surface area contributed by atoms with Gasteiger partial charge >= 0.3 is 0 Å². The first-order valence-electron chi connectivity index (χ1n) is 7.66. The van der Waals surface area contributed by atoms with Crippen LogP contribution in [0.15, 0.2) is 47.5 Å². The van der Waals surface area contributed by atoms with Crippen molar-refractivity contribution in [2.75, 3.05) is 10.0 Å². The quantitative estimate of drug-likeness (QED) is 0.636. The molecule has 2 aromatic heterocycles. The molecule has 3 N–H and O–H groups in total. The summed E-state index contributed by atoms with van der Waals surface area (Å²) < 4.78 is 27.5. The molecule has 0 spiro atoms. The summed E-state index contributed by atoms with van der Waals surface area (Å²) in [7, 11) is -3.75. The molecule has 3 rings (SSSR count). The van der Waals surface area contributed by atoms with Crippen molar-refractivity contribution in [2.45, 2.75) is 18.7 Å². The smallest absolute Gasteiger partial charge is 0.265 e. The van der Waals surface area contributed by atoms with E-state index in [0.29, 0.717) is 28.5 Å². The number of nitriles is 1. The molecule has 0 fully saturated rings. The van der Waals surface area contributed by atoms with Crippen molar-refractivity contribution in [3.63, 3.8) is 0 Å². The van der Waals surface area contributed by atoms with E-state index in [9.17, 15) is 8.42 Å². The van der Waals surface area contributed by atoms with E-state index < -0.39 is 10.0 Å². The van der Waals surface area contributed by atoms with Gasteiger partial charge in [-0.3, -0.25) is 9.82 Å². The first-order chi connectivity index (χ1) is 12.4. The largest absolute Gasteiger partial charge is 0.340 e. The lowest BCUT2D eigenvalue weighted by molar-refractivity contribution is 0.600. The van der Waals surface area contributed by atoms with Gasteiger partial charge in [0.2, 0.25) is 0 Å². The van der Waals surface area contributed by atoms with Gasteiger partial charge < -0.3 is 5.32 Å². The molecule has 0 saturated heterocycles. The first-order valence-corrected chi connectivity index (χ1v) is 9.15. The molecular formula is C17H16N6O2S. The zero-order chi connectivity index (χ0) is 18.7. The number of hydrogen-bond acceptors (Lipinski definition) is 6. The van der Waals surface area contributed by atoms with Crippen molar-refractivity contribution in [1.29, 1.82) is 5.26 Å². The van der Waals surface area contributed by atoms with E-state index in [1.54, 1.807) is 44.2 Å². The maximum absolute atomic E-state index is 12.5. The minimum atomic E-state index is -3.75. The van der Waals surface area contributed by atoms with E-state index in [1.165, 1.54) is 6.20 Å². The Kier molecular flexibility index (Phi) is 4.60. The molecule has 132 valence electrons. The van der Waals surface area contributed by atoms with Crippen LogP contribution in [0.3, 0.4) is 0 Å². The van der Waals surface area contributed by atoms with E-state index in [2.05, 4.69) is 31.3 Å². The molecule has 0 aliphatic carbocycles. The highest BCUT2D eigenvalue weighted by molar-refractivity contribution is 7.92. The Balaban J connectivity index is 1.77. The van der Waals surface area contributed by atoms with E-state index >= 15 is 0 Å². The average Bonchev–Trinajstić information content (AvgIpc) is 2.96. The molecule has 26 heavy (non-hydrogen) atoms. The highest BCUT2D eigenvalue weighted by Crippen LogP contribution is 2.22. The number of aromatic amines is 1. The second-order valence-electron chi connectivity index (χ2n) is 5.62. The van der Waals surface area contributed by atoms with Crippen molar-refractivity contribution in [3.8, 4) is 6.07 Å². The standard InChI is InChI=1S/C17H16N6O2S/c1-11-17(12(2)22-21-11)26(24,25)23-15-6-7-16(19-10-15)20-14-5-3-4-13(8-14)9-18/h3-8,10,23H,1-2H3,(H,19,20)(H,21,22). The van der Waals surface area contributed by atoms with Crippen molar-refractivity contribution in [1.82, 2.24) is 15.2 Å². The molecule has 0 bridgehead atoms. The molecule has 0 unspecified atom stereocenters. The summed E-state index contributed by atoms with van der Waals surface area (Å²) in [6, 6.07) is 12.3. The monoisotopic (exact) mass is 368 g/mol. The van der Waals surface area contributed by atoms with Crippen LogP contribution in [-0.2, 0) is 10.0 Å². The lowest BCUT2D eigenvalue weighted by Crippen LogP contribution is -2.14. The molecule has 3 aromatic rings. The molecule has 0 saturated carbocycles. The fourth-order valence-electron chi connectivity index (χ4n) is 2.49. The summed E-state index contributed by atoms with van der Waals surface area (Å²) in [5.41, 5.74) is 2.46. The van der Waals surface area contributed by atoms with Crippen molar-refractivity contribution in [2.24, 2.45) is 0 Å². The van der Waals surface area contributed by atoms with E-state index in [-0.39, 0.29) is 4.90 Å². The number of H-pyrrole nitrogens is 1. The minimum absolute atomic E-state index is 0.132. The second-order valence-corrected chi connectivity index (χ2v) is 7.24. The number of rotatable bonds is 5. The number of anilines is 3. The summed E-state index contributed by atoms with van der Waals surface area (Å²) in [5.74, 6) is 0.527. The highest BCUT2D eigenvalue weighted by atomic mass is 32.2. The van der Waals surface area contributed by atoms with Gasteiger partial charge in [0.05, 0.1) is 34.9 Å². The van der Waals surface area contributed by atoms with E-state index in [4.69, 9.17) is 5.26 Å². The van der Waals surface area contributed by atoms with Crippen molar-refractivity contribution in [3.05, 3.63) is 59.5 Å². The third-order valence-electron chi connectivity index (χ3n) is 3.61. The zero-order valence-electron chi connectivity index (χ0n) is 14.1. The van der Waals surface area contributed by atoms with Crippen LogP contribution in [0.2, 0.25) is 0 Å². The number of nitrogens with one attached hydrogen (secondary N) is 3. The Hall–Kier alpha value is -3.38. The van der Waals surface area contributed by atoms with Crippen LogP contribution in [0.5, 0.6) is 0 Å². The van der Waals surface area contributed by atoms with Gasteiger partial charge in [0, 0.05) is 5.69 Å². The van der Waals surface area contributed by atoms with Crippen LogP contribution in [0.25, 0.3) is 0 Å². The van der Waals surface area contributed by atoms with Crippen LogP contribution in [-0.4, -0.2) is 23.6 Å². The van der Waals surface area contributed by atoms with Crippen molar-refractivity contribution < 1.29 is 8.42 Å². The fourth-order valence-corrected chi connectivity index (χ4v) is 3.90. The van der Waals surface area contributed by atoms with Crippen molar-refractivity contribution >= 4 is 27.2 Å².